The van der Waals surface area contributed by atoms with Crippen molar-refractivity contribution in [2.45, 2.75) is 25.9 Å². The Morgan fingerprint density at radius 1 is 1.38 bits per heavy atom. The van der Waals surface area contributed by atoms with E-state index in [1.807, 2.05) is 24.4 Å². The molecule has 4 heteroatoms. The van der Waals surface area contributed by atoms with Gasteiger partial charge in [-0.15, -0.1) is 0 Å². The summed E-state index contributed by atoms with van der Waals surface area (Å²) >= 11 is 0. The number of aromatic nitrogens is 1. The molecule has 0 unspecified atom stereocenters. The number of likely N-dealkylation sites (tertiary alicyclic amines) is 1. The summed E-state index contributed by atoms with van der Waals surface area (Å²) in [5, 5.41) is 11.7. The first kappa shape index (κ1) is 14.4. The number of piperidine rings is 1. The monoisotopic (exact) mass is 289 g/mol. The van der Waals surface area contributed by atoms with Crippen molar-refractivity contribution in [2.24, 2.45) is 5.92 Å². The molecule has 1 aromatic heterocycles. The van der Waals surface area contributed by atoms with Crippen LogP contribution in [0.3, 0.4) is 0 Å². The second kappa shape index (κ2) is 6.08. The first-order chi connectivity index (χ1) is 10.2. The third-order valence-electron chi connectivity index (χ3n) is 4.74. The molecule has 0 amide bonds. The molecule has 2 aromatic rings. The van der Waals surface area contributed by atoms with E-state index >= 15 is 0 Å². The molecule has 3 rings (SSSR count). The van der Waals surface area contributed by atoms with Crippen LogP contribution in [0.1, 0.15) is 31.4 Å². The highest BCUT2D eigenvalue weighted by Crippen LogP contribution is 2.27. The Hall–Kier alpha value is -1.52. The van der Waals surface area contributed by atoms with Crippen molar-refractivity contribution < 1.29 is 14.7 Å². The maximum Gasteiger partial charge on any atom is 0.130 e. The van der Waals surface area contributed by atoms with Crippen LogP contribution in [0.5, 0.6) is 5.75 Å². The molecule has 1 atom stereocenters. The molecule has 0 spiro atoms. The molecule has 1 aliphatic rings. The fourth-order valence-corrected chi connectivity index (χ4v) is 3.28. The molecule has 114 valence electrons. The number of hydrogen-bond donors (Lipinski definition) is 3. The van der Waals surface area contributed by atoms with Crippen molar-refractivity contribution in [1.29, 1.82) is 0 Å². The van der Waals surface area contributed by atoms with Gasteiger partial charge in [0.2, 0.25) is 0 Å². The van der Waals surface area contributed by atoms with Crippen molar-refractivity contribution >= 4 is 10.9 Å². The molecule has 0 aliphatic carbocycles. The van der Waals surface area contributed by atoms with E-state index in [1.165, 1.54) is 30.8 Å². The highest BCUT2D eigenvalue weighted by Gasteiger charge is 2.23. The van der Waals surface area contributed by atoms with Crippen LogP contribution in [0, 0.1) is 5.92 Å². The third-order valence-corrected chi connectivity index (χ3v) is 4.74. The number of H-pyrrole nitrogens is 1. The average Bonchev–Trinajstić information content (AvgIpc) is 2.92. The first-order valence-corrected chi connectivity index (χ1v) is 7.84. The molecule has 1 aromatic carbocycles. The van der Waals surface area contributed by atoms with Crippen LogP contribution < -0.4 is 9.64 Å². The van der Waals surface area contributed by atoms with Crippen molar-refractivity contribution in [2.75, 3.05) is 26.7 Å². The van der Waals surface area contributed by atoms with E-state index in [9.17, 15) is 5.11 Å². The maximum atomic E-state index is 10.6. The molecule has 1 saturated heterocycles. The molecule has 4 nitrogen and oxygen atoms in total. The summed E-state index contributed by atoms with van der Waals surface area (Å²) in [6, 6.07) is 5.93. The van der Waals surface area contributed by atoms with Crippen molar-refractivity contribution in [3.63, 3.8) is 0 Å². The second-order valence-corrected chi connectivity index (χ2v) is 6.31. The van der Waals surface area contributed by atoms with E-state index in [0.29, 0.717) is 0 Å². The number of rotatable bonds is 4. The van der Waals surface area contributed by atoms with Crippen LogP contribution in [0.2, 0.25) is 0 Å². The summed E-state index contributed by atoms with van der Waals surface area (Å²) in [5.74, 6) is 1.66. The molecule has 1 fully saturated rings. The number of aliphatic hydroxyl groups excluding tert-OH is 1. The SMILES string of the molecule is COc1ccc2[nH]cc([C@H](O)C[NH+]3CCC(C)CC3)c2c1. The number of aromatic amines is 1. The zero-order valence-corrected chi connectivity index (χ0v) is 12.9. The van der Waals surface area contributed by atoms with Gasteiger partial charge in [0.25, 0.3) is 0 Å². The molecule has 2 heterocycles. The Morgan fingerprint density at radius 2 is 2.14 bits per heavy atom. The van der Waals surface area contributed by atoms with Crippen LogP contribution in [0.15, 0.2) is 24.4 Å². The molecular formula is C17H25N2O2+. The standard InChI is InChI=1S/C17H24N2O2/c1-12-5-7-19(8-6-12)11-17(20)15-10-18-16-4-3-13(21-2)9-14(15)16/h3-4,9-10,12,17-18,20H,5-8,11H2,1-2H3/p+1/t17-/m1/s1. The molecule has 0 bridgehead atoms. The topological polar surface area (TPSA) is 49.7 Å². The number of fused-ring (bicyclic) bond motifs is 1. The fourth-order valence-electron chi connectivity index (χ4n) is 3.28. The van der Waals surface area contributed by atoms with Gasteiger partial charge in [0.05, 0.1) is 20.2 Å². The van der Waals surface area contributed by atoms with Gasteiger partial charge in [-0.1, -0.05) is 6.92 Å². The zero-order chi connectivity index (χ0) is 14.8. The van der Waals surface area contributed by atoms with Crippen LogP contribution in [-0.2, 0) is 0 Å². The normalized spacial score (nSPS) is 24.1. The number of aliphatic hydroxyl groups is 1. The van der Waals surface area contributed by atoms with Crippen LogP contribution in [0.4, 0.5) is 0 Å². The summed E-state index contributed by atoms with van der Waals surface area (Å²) in [6.07, 6.45) is 4.04. The molecular weight excluding hydrogens is 264 g/mol. The van der Waals surface area contributed by atoms with Crippen LogP contribution >= 0.6 is 0 Å². The van der Waals surface area contributed by atoms with Gasteiger partial charge in [0.15, 0.2) is 0 Å². The highest BCUT2D eigenvalue weighted by atomic mass is 16.5. The Morgan fingerprint density at radius 3 is 2.86 bits per heavy atom. The number of hydrogen-bond acceptors (Lipinski definition) is 2. The van der Waals surface area contributed by atoms with Gasteiger partial charge >= 0.3 is 0 Å². The van der Waals surface area contributed by atoms with Crippen LogP contribution in [-0.4, -0.2) is 36.8 Å². The van der Waals surface area contributed by atoms with Gasteiger partial charge in [-0.05, 0) is 37.0 Å². The summed E-state index contributed by atoms with van der Waals surface area (Å²) in [7, 11) is 1.67. The van der Waals surface area contributed by atoms with Gasteiger partial charge in [0.1, 0.15) is 18.4 Å². The smallest absolute Gasteiger partial charge is 0.130 e. The summed E-state index contributed by atoms with van der Waals surface area (Å²) in [6.45, 7) is 5.45. The number of quaternary nitrogens is 1. The second-order valence-electron chi connectivity index (χ2n) is 6.31. The Balaban J connectivity index is 1.76. The number of ether oxygens (including phenoxy) is 1. The summed E-state index contributed by atoms with van der Waals surface area (Å²) < 4.78 is 5.29. The van der Waals surface area contributed by atoms with Gasteiger partial charge < -0.3 is 19.7 Å². The lowest BCUT2D eigenvalue weighted by atomic mass is 9.98. The molecule has 0 radical (unpaired) electrons. The van der Waals surface area contributed by atoms with Gasteiger partial charge in [-0.2, -0.15) is 0 Å². The quantitative estimate of drug-likeness (QED) is 0.799. The minimum Gasteiger partial charge on any atom is -0.497 e. The number of nitrogens with one attached hydrogen (secondary N) is 2. The van der Waals surface area contributed by atoms with E-state index in [1.54, 1.807) is 7.11 Å². The summed E-state index contributed by atoms with van der Waals surface area (Å²) in [5.41, 5.74) is 2.03. The minimum absolute atomic E-state index is 0.422. The number of benzene rings is 1. The van der Waals surface area contributed by atoms with Crippen molar-refractivity contribution in [1.82, 2.24) is 4.98 Å². The summed E-state index contributed by atoms with van der Waals surface area (Å²) in [4.78, 5) is 4.75. The van der Waals surface area contributed by atoms with Gasteiger partial charge in [0, 0.05) is 22.7 Å². The Bertz CT molecular complexity index is 600. The lowest BCUT2D eigenvalue weighted by molar-refractivity contribution is -0.909. The number of methoxy groups -OCH3 is 1. The van der Waals surface area contributed by atoms with Crippen molar-refractivity contribution in [3.8, 4) is 5.75 Å². The maximum absolute atomic E-state index is 10.6. The van der Waals surface area contributed by atoms with E-state index in [0.717, 1.165) is 34.7 Å². The Labute approximate surface area is 125 Å². The highest BCUT2D eigenvalue weighted by molar-refractivity contribution is 5.85. The van der Waals surface area contributed by atoms with E-state index in [-0.39, 0.29) is 0 Å². The Kier molecular flexibility index (Phi) is 4.17. The fraction of sp³-hybridized carbons (Fsp3) is 0.529. The van der Waals surface area contributed by atoms with E-state index < -0.39 is 6.10 Å². The molecule has 0 saturated carbocycles. The van der Waals surface area contributed by atoms with Gasteiger partial charge in [-0.25, -0.2) is 0 Å². The predicted octanol–water partition coefficient (Wildman–Crippen LogP) is 1.52. The average molecular weight is 289 g/mol. The largest absolute Gasteiger partial charge is 0.497 e. The van der Waals surface area contributed by atoms with E-state index in [2.05, 4.69) is 11.9 Å². The lowest BCUT2D eigenvalue weighted by Gasteiger charge is -2.28. The molecule has 1 aliphatic heterocycles. The predicted molar refractivity (Wildman–Crippen MR) is 83.8 cm³/mol. The van der Waals surface area contributed by atoms with Gasteiger partial charge in [-0.3, -0.25) is 0 Å². The lowest BCUT2D eigenvalue weighted by Crippen LogP contribution is -3.13. The molecule has 21 heavy (non-hydrogen) atoms. The zero-order valence-electron chi connectivity index (χ0n) is 12.9. The minimum atomic E-state index is -0.422. The van der Waals surface area contributed by atoms with Crippen LogP contribution in [0.25, 0.3) is 10.9 Å². The van der Waals surface area contributed by atoms with E-state index in [4.69, 9.17) is 4.74 Å². The third kappa shape index (κ3) is 3.06. The molecule has 3 N–H and O–H groups in total. The van der Waals surface area contributed by atoms with Crippen molar-refractivity contribution in [3.05, 3.63) is 30.0 Å². The first-order valence-electron chi connectivity index (χ1n) is 7.84.